The number of carbonyl (C=O) groups is 2. The monoisotopic (exact) mass is 492 g/mol. The number of ketones is 1. The van der Waals surface area contributed by atoms with Gasteiger partial charge in [-0.1, -0.05) is 12.1 Å². The third-order valence-electron chi connectivity index (χ3n) is 5.79. The molecule has 10 heteroatoms. The molecule has 1 aliphatic rings. The summed E-state index contributed by atoms with van der Waals surface area (Å²) in [7, 11) is 0. The molecule has 36 heavy (non-hydrogen) atoms. The Morgan fingerprint density at radius 2 is 1.89 bits per heavy atom. The zero-order chi connectivity index (χ0) is 26.1. The molecule has 0 aliphatic carbocycles. The zero-order valence-corrected chi connectivity index (χ0v) is 19.3. The van der Waals surface area contributed by atoms with Gasteiger partial charge in [0.2, 0.25) is 0 Å². The minimum Gasteiger partial charge on any atom is -0.507 e. The molecule has 9 nitrogen and oxygen atoms in total. The van der Waals surface area contributed by atoms with Crippen molar-refractivity contribution in [2.75, 3.05) is 11.5 Å². The smallest absolute Gasteiger partial charge is 0.311 e. The van der Waals surface area contributed by atoms with E-state index in [-0.39, 0.29) is 22.4 Å². The van der Waals surface area contributed by atoms with Gasteiger partial charge < -0.3 is 14.9 Å². The highest BCUT2D eigenvalue weighted by Gasteiger charge is 2.47. The van der Waals surface area contributed by atoms with E-state index in [1.165, 1.54) is 24.3 Å². The number of aliphatic hydroxyl groups is 1. The Labute approximate surface area is 204 Å². The molecule has 2 N–H and O–H groups in total. The van der Waals surface area contributed by atoms with Crippen LogP contribution < -0.4 is 9.64 Å². The van der Waals surface area contributed by atoms with Crippen LogP contribution in [0.25, 0.3) is 5.76 Å². The number of phenolic OH excluding ortho intramolecular Hbond substituents is 1. The van der Waals surface area contributed by atoms with Crippen LogP contribution in [0, 0.1) is 22.9 Å². The lowest BCUT2D eigenvalue weighted by Gasteiger charge is -2.25. The highest BCUT2D eigenvalue weighted by Crippen LogP contribution is 2.44. The Morgan fingerprint density at radius 1 is 1.14 bits per heavy atom. The number of aryl methyl sites for hydroxylation is 1. The minimum absolute atomic E-state index is 0.0137. The quantitative estimate of drug-likeness (QED) is 0.167. The second-order valence-corrected chi connectivity index (χ2v) is 8.07. The van der Waals surface area contributed by atoms with Crippen LogP contribution in [0.1, 0.15) is 29.7 Å². The SMILES string of the molecule is CCOc1ccc(/C(O)=C2/C(=O)C(=O)N(c3cccc(F)c3)C2c2ccc(O)c([N+](=O)[O-])c2)cc1C. The molecule has 1 amide bonds. The molecule has 1 fully saturated rings. The number of amides is 1. The van der Waals surface area contributed by atoms with Crippen LogP contribution >= 0.6 is 0 Å². The molecule has 3 aromatic carbocycles. The fraction of sp³-hybridized carbons (Fsp3) is 0.154. The maximum Gasteiger partial charge on any atom is 0.311 e. The summed E-state index contributed by atoms with van der Waals surface area (Å²) in [4.78, 5) is 37.9. The van der Waals surface area contributed by atoms with Gasteiger partial charge in [0, 0.05) is 17.3 Å². The van der Waals surface area contributed by atoms with E-state index < -0.39 is 45.7 Å². The molecule has 0 aromatic heterocycles. The van der Waals surface area contributed by atoms with E-state index >= 15 is 0 Å². The summed E-state index contributed by atoms with van der Waals surface area (Å²) >= 11 is 0. The Morgan fingerprint density at radius 3 is 2.53 bits per heavy atom. The summed E-state index contributed by atoms with van der Waals surface area (Å²) in [6.45, 7) is 3.98. The first kappa shape index (κ1) is 24.4. The highest BCUT2D eigenvalue weighted by molar-refractivity contribution is 6.51. The van der Waals surface area contributed by atoms with Gasteiger partial charge in [-0.05, 0) is 67.4 Å². The van der Waals surface area contributed by atoms with Gasteiger partial charge in [0.1, 0.15) is 17.3 Å². The topological polar surface area (TPSA) is 130 Å². The van der Waals surface area contributed by atoms with E-state index in [2.05, 4.69) is 0 Å². The maximum absolute atomic E-state index is 14.0. The molecular weight excluding hydrogens is 471 g/mol. The summed E-state index contributed by atoms with van der Waals surface area (Å²) < 4.78 is 19.6. The average Bonchev–Trinajstić information content (AvgIpc) is 3.10. The molecule has 4 rings (SSSR count). The standard InChI is InChI=1S/C26H21FN2O7/c1-3-36-21-10-8-16(11-14(21)2)24(31)22-23(15-7-9-20(30)19(12-15)29(34)35)28(26(33)25(22)32)18-6-4-5-17(27)13-18/h4-13,23,30-31H,3H2,1-2H3/b24-22-. The molecule has 1 heterocycles. The lowest BCUT2D eigenvalue weighted by Crippen LogP contribution is -2.29. The summed E-state index contributed by atoms with van der Waals surface area (Å²) in [6.07, 6.45) is 0. The van der Waals surface area contributed by atoms with Crippen molar-refractivity contribution in [3.63, 3.8) is 0 Å². The minimum atomic E-state index is -1.34. The van der Waals surface area contributed by atoms with E-state index in [4.69, 9.17) is 4.74 Å². The molecule has 1 aliphatic heterocycles. The van der Waals surface area contributed by atoms with E-state index in [0.717, 1.165) is 29.2 Å². The summed E-state index contributed by atoms with van der Waals surface area (Å²) in [6, 6.07) is 11.7. The van der Waals surface area contributed by atoms with Crippen LogP contribution in [-0.4, -0.2) is 33.4 Å². The first-order chi connectivity index (χ1) is 17.1. The number of benzene rings is 3. The largest absolute Gasteiger partial charge is 0.507 e. The van der Waals surface area contributed by atoms with Gasteiger partial charge in [-0.2, -0.15) is 0 Å². The molecule has 1 saturated heterocycles. The van der Waals surface area contributed by atoms with Crippen LogP contribution in [0.4, 0.5) is 15.8 Å². The molecule has 0 radical (unpaired) electrons. The van der Waals surface area contributed by atoms with Crippen molar-refractivity contribution < 1.29 is 33.9 Å². The molecule has 0 bridgehead atoms. The van der Waals surface area contributed by atoms with Gasteiger partial charge in [-0.3, -0.25) is 24.6 Å². The van der Waals surface area contributed by atoms with E-state index in [0.29, 0.717) is 17.9 Å². The van der Waals surface area contributed by atoms with E-state index in [9.17, 15) is 34.3 Å². The number of nitro groups is 1. The second kappa shape index (κ2) is 9.49. The van der Waals surface area contributed by atoms with Crippen LogP contribution in [0.15, 0.2) is 66.2 Å². The third-order valence-corrected chi connectivity index (χ3v) is 5.79. The highest BCUT2D eigenvalue weighted by atomic mass is 19.1. The van der Waals surface area contributed by atoms with Crippen molar-refractivity contribution in [1.29, 1.82) is 0 Å². The number of hydrogen-bond donors (Lipinski definition) is 2. The molecule has 1 atom stereocenters. The van der Waals surface area contributed by atoms with Gasteiger partial charge in [0.15, 0.2) is 5.75 Å². The summed E-state index contributed by atoms with van der Waals surface area (Å²) in [5.74, 6) is -3.34. The molecule has 3 aromatic rings. The van der Waals surface area contributed by atoms with Crippen LogP contribution in [-0.2, 0) is 9.59 Å². The fourth-order valence-electron chi connectivity index (χ4n) is 4.17. The van der Waals surface area contributed by atoms with Crippen molar-refractivity contribution in [1.82, 2.24) is 0 Å². The first-order valence-electron chi connectivity index (χ1n) is 10.9. The molecule has 184 valence electrons. The Hall–Kier alpha value is -4.73. The Kier molecular flexibility index (Phi) is 6.43. The van der Waals surface area contributed by atoms with E-state index in [1.54, 1.807) is 19.1 Å². The van der Waals surface area contributed by atoms with Crippen molar-refractivity contribution >= 4 is 28.8 Å². The number of anilines is 1. The lowest BCUT2D eigenvalue weighted by molar-refractivity contribution is -0.385. The molecule has 0 saturated carbocycles. The summed E-state index contributed by atoms with van der Waals surface area (Å²) in [5, 5.41) is 32.6. The molecule has 0 spiro atoms. The third kappa shape index (κ3) is 4.24. The molecular formula is C26H21FN2O7. The van der Waals surface area contributed by atoms with Crippen LogP contribution in [0.2, 0.25) is 0 Å². The van der Waals surface area contributed by atoms with Gasteiger partial charge >= 0.3 is 5.69 Å². The number of nitrogens with zero attached hydrogens (tertiary/aromatic N) is 2. The predicted molar refractivity (Wildman–Crippen MR) is 128 cm³/mol. The fourth-order valence-corrected chi connectivity index (χ4v) is 4.17. The van der Waals surface area contributed by atoms with Crippen molar-refractivity contribution in [3.8, 4) is 11.5 Å². The van der Waals surface area contributed by atoms with Gasteiger partial charge in [-0.15, -0.1) is 0 Å². The number of ether oxygens (including phenoxy) is 1. The number of phenols is 1. The maximum atomic E-state index is 14.0. The number of Topliss-reactive ketones (excluding diaryl/α,β-unsaturated/α-hetero) is 1. The number of hydrogen-bond acceptors (Lipinski definition) is 7. The Bertz CT molecular complexity index is 1430. The van der Waals surface area contributed by atoms with Crippen LogP contribution in [0.5, 0.6) is 11.5 Å². The van der Waals surface area contributed by atoms with Gasteiger partial charge in [0.05, 0.1) is 23.1 Å². The first-order valence-corrected chi connectivity index (χ1v) is 10.9. The predicted octanol–water partition coefficient (Wildman–Crippen LogP) is 4.77. The van der Waals surface area contributed by atoms with Crippen LogP contribution in [0.3, 0.4) is 0 Å². The second-order valence-electron chi connectivity index (χ2n) is 8.07. The zero-order valence-electron chi connectivity index (χ0n) is 19.3. The van der Waals surface area contributed by atoms with Crippen molar-refractivity contribution in [2.24, 2.45) is 0 Å². The number of nitro benzene ring substituents is 1. The summed E-state index contributed by atoms with van der Waals surface area (Å²) in [5.41, 5.74) is -0.0440. The number of carbonyl (C=O) groups excluding carboxylic acids is 2. The van der Waals surface area contributed by atoms with Gasteiger partial charge in [-0.25, -0.2) is 4.39 Å². The number of aliphatic hydroxyl groups excluding tert-OH is 1. The number of halogens is 1. The lowest BCUT2D eigenvalue weighted by atomic mass is 9.94. The number of aromatic hydroxyl groups is 1. The normalized spacial score (nSPS) is 16.9. The van der Waals surface area contributed by atoms with Gasteiger partial charge in [0.25, 0.3) is 11.7 Å². The van der Waals surface area contributed by atoms with E-state index in [1.807, 2.05) is 6.92 Å². The van der Waals surface area contributed by atoms with Crippen molar-refractivity contribution in [3.05, 3.63) is 98.9 Å². The van der Waals surface area contributed by atoms with Crippen molar-refractivity contribution in [2.45, 2.75) is 19.9 Å². The number of rotatable bonds is 6. The molecule has 1 unspecified atom stereocenters. The average molecular weight is 492 g/mol. The Balaban J connectivity index is 1.97.